The summed E-state index contributed by atoms with van der Waals surface area (Å²) in [5.41, 5.74) is 0. The Hall–Kier alpha value is -1.20. The molecule has 0 radical (unpaired) electrons. The predicted octanol–water partition coefficient (Wildman–Crippen LogP) is -0.0630. The van der Waals surface area contributed by atoms with Gasteiger partial charge in [0.05, 0.1) is 6.54 Å². The second kappa shape index (κ2) is 2.40. The molecule has 0 aromatic heterocycles. The van der Waals surface area contributed by atoms with Crippen LogP contribution in [0.1, 0.15) is 6.92 Å². The molecule has 1 atom stereocenters. The molecule has 1 saturated heterocycles. The highest BCUT2D eigenvalue weighted by Gasteiger charge is 2.60. The summed E-state index contributed by atoms with van der Waals surface area (Å²) in [6.45, 7) is 0.268. The average Bonchev–Trinajstić information content (AvgIpc) is 1.81. The lowest BCUT2D eigenvalue weighted by atomic mass is 9.98. The number of carboxylic acids is 1. The first-order valence-electron chi connectivity index (χ1n) is 3.24. The van der Waals surface area contributed by atoms with Crippen molar-refractivity contribution in [1.82, 2.24) is 4.90 Å². The SMILES string of the molecule is CC(=O)N1CC(F)(F)C1C(=O)O. The molecule has 1 heterocycles. The zero-order valence-corrected chi connectivity index (χ0v) is 6.25. The number of carbonyl (C=O) groups is 2. The first-order chi connectivity index (χ1) is 5.36. The molecule has 1 amide bonds. The van der Waals surface area contributed by atoms with Crippen LogP contribution in [0.25, 0.3) is 0 Å². The lowest BCUT2D eigenvalue weighted by Gasteiger charge is -2.44. The molecule has 0 bridgehead atoms. The zero-order valence-electron chi connectivity index (χ0n) is 6.25. The lowest BCUT2D eigenvalue weighted by molar-refractivity contribution is -0.205. The van der Waals surface area contributed by atoms with Crippen molar-refractivity contribution in [2.75, 3.05) is 6.54 Å². The van der Waals surface area contributed by atoms with Crippen molar-refractivity contribution in [2.24, 2.45) is 0 Å². The summed E-state index contributed by atoms with van der Waals surface area (Å²) in [5, 5.41) is 8.31. The van der Waals surface area contributed by atoms with E-state index in [0.29, 0.717) is 4.90 Å². The molecule has 1 N–H and O–H groups in total. The molecule has 4 nitrogen and oxygen atoms in total. The number of halogens is 2. The normalized spacial score (nSPS) is 26.2. The Kier molecular flexibility index (Phi) is 1.78. The maximum absolute atomic E-state index is 12.5. The predicted molar refractivity (Wildman–Crippen MR) is 33.8 cm³/mol. The summed E-state index contributed by atoms with van der Waals surface area (Å²) in [4.78, 5) is 21.4. The third kappa shape index (κ3) is 1.13. The summed E-state index contributed by atoms with van der Waals surface area (Å²) < 4.78 is 25.0. The summed E-state index contributed by atoms with van der Waals surface area (Å²) in [6.07, 6.45) is 0. The molecule has 6 heteroatoms. The number of amides is 1. The first-order valence-corrected chi connectivity index (χ1v) is 3.24. The van der Waals surface area contributed by atoms with Crippen molar-refractivity contribution in [3.8, 4) is 0 Å². The standard InChI is InChI=1S/C6H7F2NO3/c1-3(10)9-2-6(7,8)4(9)5(11)12/h4H,2H2,1H3,(H,11,12). The topological polar surface area (TPSA) is 57.6 Å². The van der Waals surface area contributed by atoms with Gasteiger partial charge in [0.25, 0.3) is 5.92 Å². The van der Waals surface area contributed by atoms with Gasteiger partial charge in [-0.3, -0.25) is 4.79 Å². The van der Waals surface area contributed by atoms with Crippen LogP contribution in [0.5, 0.6) is 0 Å². The van der Waals surface area contributed by atoms with Gasteiger partial charge >= 0.3 is 5.97 Å². The number of carboxylic acid groups (broad SMARTS) is 1. The van der Waals surface area contributed by atoms with Crippen LogP contribution in [-0.4, -0.2) is 40.4 Å². The molecule has 1 rings (SSSR count). The van der Waals surface area contributed by atoms with Gasteiger partial charge in [-0.2, -0.15) is 0 Å². The van der Waals surface area contributed by atoms with Gasteiger partial charge in [0.15, 0.2) is 6.04 Å². The number of hydrogen-bond donors (Lipinski definition) is 1. The number of aliphatic carboxylic acids is 1. The van der Waals surface area contributed by atoms with Crippen LogP contribution in [0.3, 0.4) is 0 Å². The van der Waals surface area contributed by atoms with E-state index in [0.717, 1.165) is 6.92 Å². The number of rotatable bonds is 1. The third-order valence-corrected chi connectivity index (χ3v) is 1.73. The second-order valence-corrected chi connectivity index (χ2v) is 2.65. The average molecular weight is 179 g/mol. The van der Waals surface area contributed by atoms with E-state index in [1.165, 1.54) is 0 Å². The molecule has 0 saturated carbocycles. The molecule has 0 aliphatic carbocycles. The highest BCUT2D eigenvalue weighted by Crippen LogP contribution is 2.34. The van der Waals surface area contributed by atoms with E-state index >= 15 is 0 Å². The molecule has 68 valence electrons. The summed E-state index contributed by atoms with van der Waals surface area (Å²) in [6, 6.07) is -1.98. The molecule has 1 fully saturated rings. The van der Waals surface area contributed by atoms with E-state index in [4.69, 9.17) is 5.11 Å². The van der Waals surface area contributed by atoms with Gasteiger partial charge in [0.2, 0.25) is 5.91 Å². The van der Waals surface area contributed by atoms with Crippen molar-refractivity contribution in [1.29, 1.82) is 0 Å². The Morgan fingerprint density at radius 2 is 2.08 bits per heavy atom. The van der Waals surface area contributed by atoms with Crippen LogP contribution < -0.4 is 0 Å². The minimum atomic E-state index is -3.28. The van der Waals surface area contributed by atoms with Gasteiger partial charge in [-0.15, -0.1) is 0 Å². The smallest absolute Gasteiger partial charge is 0.332 e. The van der Waals surface area contributed by atoms with E-state index < -0.39 is 30.4 Å². The number of nitrogens with zero attached hydrogens (tertiary/aromatic N) is 1. The monoisotopic (exact) mass is 179 g/mol. The number of alkyl halides is 2. The molecule has 1 aliphatic rings. The lowest BCUT2D eigenvalue weighted by Crippen LogP contribution is -2.69. The largest absolute Gasteiger partial charge is 0.480 e. The van der Waals surface area contributed by atoms with Crippen LogP contribution in [-0.2, 0) is 9.59 Å². The van der Waals surface area contributed by atoms with Gasteiger partial charge in [-0.25, -0.2) is 13.6 Å². The van der Waals surface area contributed by atoms with Crippen LogP contribution in [0.15, 0.2) is 0 Å². The Morgan fingerprint density at radius 1 is 1.58 bits per heavy atom. The van der Waals surface area contributed by atoms with E-state index in [-0.39, 0.29) is 0 Å². The minimum Gasteiger partial charge on any atom is -0.480 e. The highest BCUT2D eigenvalue weighted by molar-refractivity contribution is 5.85. The molecule has 1 aliphatic heterocycles. The van der Waals surface area contributed by atoms with Crippen molar-refractivity contribution >= 4 is 11.9 Å². The quantitative estimate of drug-likeness (QED) is 0.613. The van der Waals surface area contributed by atoms with E-state index in [1.807, 2.05) is 0 Å². The van der Waals surface area contributed by atoms with E-state index in [1.54, 1.807) is 0 Å². The maximum Gasteiger partial charge on any atom is 0.332 e. The fourth-order valence-electron chi connectivity index (χ4n) is 1.13. The second-order valence-electron chi connectivity index (χ2n) is 2.65. The molecule has 12 heavy (non-hydrogen) atoms. The van der Waals surface area contributed by atoms with Crippen LogP contribution >= 0.6 is 0 Å². The fourth-order valence-corrected chi connectivity index (χ4v) is 1.13. The first kappa shape index (κ1) is 8.89. The molecular weight excluding hydrogens is 172 g/mol. The Labute approximate surface area is 66.8 Å². The number of carbonyl (C=O) groups excluding carboxylic acids is 1. The van der Waals surface area contributed by atoms with Gasteiger partial charge < -0.3 is 10.0 Å². The molecular formula is C6H7F2NO3. The van der Waals surface area contributed by atoms with Gasteiger partial charge in [0, 0.05) is 6.92 Å². The van der Waals surface area contributed by atoms with Crippen molar-refractivity contribution in [3.63, 3.8) is 0 Å². The van der Waals surface area contributed by atoms with E-state index in [9.17, 15) is 18.4 Å². The summed E-state index contributed by atoms with van der Waals surface area (Å²) in [7, 11) is 0. The van der Waals surface area contributed by atoms with Gasteiger partial charge in [-0.05, 0) is 0 Å². The third-order valence-electron chi connectivity index (χ3n) is 1.73. The molecule has 0 aromatic carbocycles. The molecule has 1 unspecified atom stereocenters. The number of likely N-dealkylation sites (tertiary alicyclic amines) is 1. The van der Waals surface area contributed by atoms with E-state index in [2.05, 4.69) is 0 Å². The van der Waals surface area contributed by atoms with Crippen molar-refractivity contribution in [2.45, 2.75) is 18.9 Å². The van der Waals surface area contributed by atoms with Gasteiger partial charge in [-0.1, -0.05) is 0 Å². The molecule has 0 spiro atoms. The molecule has 0 aromatic rings. The maximum atomic E-state index is 12.5. The Bertz CT molecular complexity index is 241. The van der Waals surface area contributed by atoms with Crippen LogP contribution in [0.4, 0.5) is 8.78 Å². The van der Waals surface area contributed by atoms with Crippen LogP contribution in [0.2, 0.25) is 0 Å². The summed E-state index contributed by atoms with van der Waals surface area (Å²) in [5.74, 6) is -5.59. The van der Waals surface area contributed by atoms with Crippen molar-refractivity contribution < 1.29 is 23.5 Å². The Morgan fingerprint density at radius 3 is 2.25 bits per heavy atom. The highest BCUT2D eigenvalue weighted by atomic mass is 19.3. The van der Waals surface area contributed by atoms with Crippen molar-refractivity contribution in [3.05, 3.63) is 0 Å². The minimum absolute atomic E-state index is 0.627. The zero-order chi connectivity index (χ0) is 9.52. The fraction of sp³-hybridized carbons (Fsp3) is 0.667. The van der Waals surface area contributed by atoms with Crippen LogP contribution in [0, 0.1) is 0 Å². The Balaban J connectivity index is 2.76. The van der Waals surface area contributed by atoms with Gasteiger partial charge in [0.1, 0.15) is 0 Å². The summed E-state index contributed by atoms with van der Waals surface area (Å²) >= 11 is 0. The number of hydrogen-bond acceptors (Lipinski definition) is 2.